The number of halogens is 1. The summed E-state index contributed by atoms with van der Waals surface area (Å²) < 4.78 is 38.4. The zero-order valence-corrected chi connectivity index (χ0v) is 17.4. The maximum Gasteiger partial charge on any atom is 0.275 e. The molecule has 2 heterocycles. The van der Waals surface area contributed by atoms with Crippen LogP contribution in [-0.4, -0.2) is 29.4 Å². The molecule has 0 unspecified atom stereocenters. The van der Waals surface area contributed by atoms with Crippen LogP contribution >= 0.6 is 0 Å². The lowest BCUT2D eigenvalue weighted by Crippen LogP contribution is -2.25. The number of nitrogens with zero attached hydrogens (tertiary/aromatic N) is 3. The van der Waals surface area contributed by atoms with Crippen molar-refractivity contribution >= 4 is 9.84 Å². The van der Waals surface area contributed by atoms with E-state index in [-0.39, 0.29) is 17.0 Å². The summed E-state index contributed by atoms with van der Waals surface area (Å²) in [7, 11) is -3.35. The van der Waals surface area contributed by atoms with Gasteiger partial charge in [0, 0.05) is 24.2 Å². The summed E-state index contributed by atoms with van der Waals surface area (Å²) in [5, 5.41) is 4.32. The molecule has 0 amide bonds. The van der Waals surface area contributed by atoms with Crippen molar-refractivity contribution in [3.8, 4) is 22.3 Å². The summed E-state index contributed by atoms with van der Waals surface area (Å²) in [5.41, 5.74) is 2.58. The molecule has 31 heavy (non-hydrogen) atoms. The van der Waals surface area contributed by atoms with E-state index in [1.54, 1.807) is 42.9 Å². The fourth-order valence-corrected chi connectivity index (χ4v) is 3.89. The van der Waals surface area contributed by atoms with Gasteiger partial charge in [-0.2, -0.15) is 5.10 Å². The normalized spacial score (nSPS) is 11.4. The number of pyridine rings is 1. The van der Waals surface area contributed by atoms with Gasteiger partial charge in [0.05, 0.1) is 23.2 Å². The predicted octanol–water partition coefficient (Wildman–Crippen LogP) is 3.56. The first-order valence-electron chi connectivity index (χ1n) is 9.38. The Morgan fingerprint density at radius 3 is 2.13 bits per heavy atom. The average Bonchev–Trinajstić information content (AvgIpc) is 2.76. The van der Waals surface area contributed by atoms with E-state index in [9.17, 15) is 17.6 Å². The third-order valence-corrected chi connectivity index (χ3v) is 5.98. The Hall–Kier alpha value is -3.65. The first-order valence-corrected chi connectivity index (χ1v) is 11.3. The van der Waals surface area contributed by atoms with E-state index in [4.69, 9.17) is 0 Å². The van der Waals surface area contributed by atoms with Crippen molar-refractivity contribution < 1.29 is 12.8 Å². The first kappa shape index (κ1) is 20.6. The predicted molar refractivity (Wildman–Crippen MR) is 116 cm³/mol. The van der Waals surface area contributed by atoms with Crippen molar-refractivity contribution in [1.82, 2.24) is 14.8 Å². The van der Waals surface area contributed by atoms with E-state index in [1.807, 2.05) is 0 Å². The number of hydrogen-bond acceptors (Lipinski definition) is 5. The zero-order chi connectivity index (χ0) is 22.0. The second kappa shape index (κ2) is 8.23. The lowest BCUT2D eigenvalue weighted by atomic mass is 9.97. The molecule has 8 heteroatoms. The molecule has 0 aliphatic rings. The van der Waals surface area contributed by atoms with Crippen molar-refractivity contribution in [3.05, 3.63) is 101 Å². The smallest absolute Gasteiger partial charge is 0.267 e. The van der Waals surface area contributed by atoms with Crippen molar-refractivity contribution in [3.63, 3.8) is 0 Å². The van der Waals surface area contributed by atoms with E-state index >= 15 is 0 Å². The highest BCUT2D eigenvalue weighted by molar-refractivity contribution is 7.90. The maximum absolute atomic E-state index is 13.5. The Morgan fingerprint density at radius 1 is 0.903 bits per heavy atom. The van der Waals surface area contributed by atoms with Gasteiger partial charge in [0.25, 0.3) is 5.56 Å². The van der Waals surface area contributed by atoms with E-state index in [1.165, 1.54) is 41.1 Å². The lowest BCUT2D eigenvalue weighted by molar-refractivity contribution is 0.602. The molecule has 0 radical (unpaired) electrons. The van der Waals surface area contributed by atoms with E-state index < -0.39 is 15.7 Å². The Balaban J connectivity index is 1.87. The molecule has 0 aliphatic heterocycles. The minimum Gasteiger partial charge on any atom is -0.267 e. The topological polar surface area (TPSA) is 81.9 Å². The fraction of sp³-hybridized carbons (Fsp3) is 0.0870. The van der Waals surface area contributed by atoms with Crippen LogP contribution in [-0.2, 0) is 16.4 Å². The molecular weight excluding hydrogens is 417 g/mol. The Bertz CT molecular complexity index is 1380. The quantitative estimate of drug-likeness (QED) is 0.479. The van der Waals surface area contributed by atoms with Gasteiger partial charge in [-0.25, -0.2) is 17.5 Å². The van der Waals surface area contributed by atoms with Crippen LogP contribution < -0.4 is 5.56 Å². The Kier molecular flexibility index (Phi) is 5.48. The largest absolute Gasteiger partial charge is 0.275 e. The SMILES string of the molecule is CS(=O)(=O)c1ccc(-c2cnn(Cc3ccncc3)c(=O)c2-c2ccc(F)cc2)cc1. The summed E-state index contributed by atoms with van der Waals surface area (Å²) in [4.78, 5) is 17.5. The summed E-state index contributed by atoms with van der Waals surface area (Å²) in [6, 6.07) is 15.5. The molecule has 4 aromatic rings. The highest BCUT2D eigenvalue weighted by Gasteiger charge is 2.16. The van der Waals surface area contributed by atoms with E-state index in [0.717, 1.165) is 11.8 Å². The summed E-state index contributed by atoms with van der Waals surface area (Å²) >= 11 is 0. The van der Waals surface area contributed by atoms with E-state index in [0.29, 0.717) is 22.3 Å². The lowest BCUT2D eigenvalue weighted by Gasteiger charge is -2.13. The van der Waals surface area contributed by atoms with Gasteiger partial charge in [-0.15, -0.1) is 0 Å². The van der Waals surface area contributed by atoms with E-state index in [2.05, 4.69) is 10.1 Å². The van der Waals surface area contributed by atoms with Crippen molar-refractivity contribution in [2.45, 2.75) is 11.4 Å². The Labute approximate surface area is 178 Å². The summed E-state index contributed by atoms with van der Waals surface area (Å²) in [6.07, 6.45) is 5.97. The molecule has 0 saturated heterocycles. The average molecular weight is 435 g/mol. The molecule has 0 fully saturated rings. The number of sulfone groups is 1. The van der Waals surface area contributed by atoms with Gasteiger partial charge in [0.15, 0.2) is 9.84 Å². The van der Waals surface area contributed by atoms with Gasteiger partial charge < -0.3 is 0 Å². The fourth-order valence-electron chi connectivity index (χ4n) is 3.26. The summed E-state index contributed by atoms with van der Waals surface area (Å²) in [5.74, 6) is -0.408. The van der Waals surface area contributed by atoms with Crippen LogP contribution in [0.5, 0.6) is 0 Å². The van der Waals surface area contributed by atoms with Gasteiger partial charge in [0.2, 0.25) is 0 Å². The summed E-state index contributed by atoms with van der Waals surface area (Å²) in [6.45, 7) is 0.253. The van der Waals surface area contributed by atoms with Crippen molar-refractivity contribution in [2.24, 2.45) is 0 Å². The van der Waals surface area contributed by atoms with Crippen LogP contribution in [0.2, 0.25) is 0 Å². The van der Waals surface area contributed by atoms with Crippen molar-refractivity contribution in [1.29, 1.82) is 0 Å². The van der Waals surface area contributed by atoms with Crippen LogP contribution in [0.1, 0.15) is 5.56 Å². The highest BCUT2D eigenvalue weighted by Crippen LogP contribution is 2.29. The number of rotatable bonds is 5. The van der Waals surface area contributed by atoms with Gasteiger partial charge >= 0.3 is 0 Å². The molecule has 0 spiro atoms. The number of hydrogen-bond donors (Lipinski definition) is 0. The van der Waals surface area contributed by atoms with Crippen molar-refractivity contribution in [2.75, 3.05) is 6.26 Å². The minimum atomic E-state index is -3.35. The highest BCUT2D eigenvalue weighted by atomic mass is 32.2. The Morgan fingerprint density at radius 2 is 1.52 bits per heavy atom. The monoisotopic (exact) mass is 435 g/mol. The molecule has 6 nitrogen and oxygen atoms in total. The molecule has 4 rings (SSSR count). The minimum absolute atomic E-state index is 0.179. The molecule has 0 bridgehead atoms. The van der Waals surface area contributed by atoms with Gasteiger partial charge in [-0.1, -0.05) is 24.3 Å². The standard InChI is InChI=1S/C23H18FN3O3S/c1-31(29,30)20-8-4-17(5-9-20)21-14-26-27(15-16-10-12-25-13-11-16)23(28)22(21)18-2-6-19(24)7-3-18/h2-14H,15H2,1H3. The maximum atomic E-state index is 13.5. The molecule has 0 atom stereocenters. The molecule has 156 valence electrons. The van der Waals surface area contributed by atoms with Crippen LogP contribution in [0.15, 0.2) is 88.9 Å². The first-order chi connectivity index (χ1) is 14.8. The third kappa shape index (κ3) is 4.44. The molecule has 0 N–H and O–H groups in total. The zero-order valence-electron chi connectivity index (χ0n) is 16.6. The second-order valence-corrected chi connectivity index (χ2v) is 9.07. The van der Waals surface area contributed by atoms with Crippen LogP contribution in [0.4, 0.5) is 4.39 Å². The van der Waals surface area contributed by atoms with Gasteiger partial charge in [-0.05, 0) is 53.1 Å². The third-order valence-electron chi connectivity index (χ3n) is 4.85. The molecule has 2 aromatic carbocycles. The van der Waals surface area contributed by atoms with Gasteiger partial charge in [-0.3, -0.25) is 9.78 Å². The van der Waals surface area contributed by atoms with Gasteiger partial charge in [0.1, 0.15) is 5.82 Å². The number of benzene rings is 2. The molecule has 2 aromatic heterocycles. The van der Waals surface area contributed by atoms with Crippen LogP contribution in [0.3, 0.4) is 0 Å². The second-order valence-electron chi connectivity index (χ2n) is 7.05. The number of aromatic nitrogens is 3. The van der Waals surface area contributed by atoms with Crippen LogP contribution in [0, 0.1) is 5.82 Å². The molecular formula is C23H18FN3O3S. The molecule has 0 aliphatic carbocycles. The van der Waals surface area contributed by atoms with Crippen LogP contribution in [0.25, 0.3) is 22.3 Å². The molecule has 0 saturated carbocycles.